The Balaban J connectivity index is 2.03. The predicted molar refractivity (Wildman–Crippen MR) is 105 cm³/mol. The summed E-state index contributed by atoms with van der Waals surface area (Å²) < 4.78 is 10.6. The molecule has 0 bridgehead atoms. The van der Waals surface area contributed by atoms with E-state index in [1.807, 2.05) is 30.3 Å². The van der Waals surface area contributed by atoms with Gasteiger partial charge in [-0.05, 0) is 54.4 Å². The number of thiocarbonyl (C=S) groups is 1. The maximum atomic E-state index is 5.39. The largest absolute Gasteiger partial charge is 0.497 e. The highest BCUT2D eigenvalue weighted by Crippen LogP contribution is 2.29. The van der Waals surface area contributed by atoms with Crippen molar-refractivity contribution in [1.29, 1.82) is 0 Å². The Morgan fingerprint density at radius 2 is 1.75 bits per heavy atom. The average molecular weight is 344 g/mol. The monoisotopic (exact) mass is 344 g/mol. The molecule has 0 aliphatic heterocycles. The Labute approximate surface area is 149 Å². The first-order chi connectivity index (χ1) is 11.6. The van der Waals surface area contributed by atoms with Crippen LogP contribution in [-0.2, 0) is 0 Å². The zero-order chi connectivity index (χ0) is 17.5. The number of hydrogen-bond donors (Lipinski definition) is 2. The number of methoxy groups -OCH3 is 2. The molecule has 0 aliphatic rings. The molecule has 5 heteroatoms. The number of benzene rings is 2. The number of nitrogens with one attached hydrogen (secondary N) is 2. The van der Waals surface area contributed by atoms with E-state index in [2.05, 4.69) is 36.6 Å². The van der Waals surface area contributed by atoms with Gasteiger partial charge in [0.1, 0.15) is 11.5 Å². The quantitative estimate of drug-likeness (QED) is 0.720. The van der Waals surface area contributed by atoms with E-state index in [9.17, 15) is 0 Å². The van der Waals surface area contributed by atoms with Crippen LogP contribution in [0.1, 0.15) is 31.7 Å². The molecule has 0 spiro atoms. The molecule has 0 saturated heterocycles. The van der Waals surface area contributed by atoms with Crippen LogP contribution in [0, 0.1) is 0 Å². The van der Waals surface area contributed by atoms with Crippen LogP contribution in [-0.4, -0.2) is 19.3 Å². The zero-order valence-corrected chi connectivity index (χ0v) is 15.4. The number of anilines is 2. The van der Waals surface area contributed by atoms with Crippen molar-refractivity contribution in [3.8, 4) is 11.5 Å². The van der Waals surface area contributed by atoms with Gasteiger partial charge >= 0.3 is 0 Å². The molecule has 0 amide bonds. The van der Waals surface area contributed by atoms with Crippen molar-refractivity contribution >= 4 is 28.7 Å². The molecular formula is C19H24N2O2S. The average Bonchev–Trinajstić information content (AvgIpc) is 2.61. The van der Waals surface area contributed by atoms with E-state index < -0.39 is 0 Å². The summed E-state index contributed by atoms with van der Waals surface area (Å²) in [6.45, 7) is 4.42. The molecule has 0 fully saturated rings. The molecule has 0 unspecified atom stereocenters. The molecule has 0 radical (unpaired) electrons. The first-order valence-electron chi connectivity index (χ1n) is 7.97. The van der Waals surface area contributed by atoms with Gasteiger partial charge in [0.05, 0.1) is 19.9 Å². The smallest absolute Gasteiger partial charge is 0.175 e. The number of ether oxygens (including phenoxy) is 2. The molecule has 0 aromatic heterocycles. The van der Waals surface area contributed by atoms with E-state index >= 15 is 0 Å². The van der Waals surface area contributed by atoms with Crippen LogP contribution < -0.4 is 20.1 Å². The topological polar surface area (TPSA) is 42.5 Å². The van der Waals surface area contributed by atoms with Gasteiger partial charge in [-0.3, -0.25) is 0 Å². The van der Waals surface area contributed by atoms with Gasteiger partial charge < -0.3 is 20.1 Å². The summed E-state index contributed by atoms with van der Waals surface area (Å²) in [5.74, 6) is 1.97. The molecule has 2 rings (SSSR count). The molecule has 0 saturated carbocycles. The molecule has 4 nitrogen and oxygen atoms in total. The van der Waals surface area contributed by atoms with Crippen molar-refractivity contribution in [1.82, 2.24) is 0 Å². The summed E-state index contributed by atoms with van der Waals surface area (Å²) >= 11 is 5.39. The van der Waals surface area contributed by atoms with Crippen LogP contribution >= 0.6 is 12.2 Å². The lowest BCUT2D eigenvalue weighted by atomic mass is 9.99. The second-order valence-corrected chi connectivity index (χ2v) is 5.98. The number of hydrogen-bond acceptors (Lipinski definition) is 3. The second kappa shape index (κ2) is 8.55. The Kier molecular flexibility index (Phi) is 6.44. The standard InChI is InChI=1S/C19H24N2O2S/c1-5-13(2)14-6-8-15(9-7-14)20-19(24)21-17-11-10-16(22-3)12-18(17)23-4/h6-13H,5H2,1-4H3,(H2,20,21,24)/t13-/m1/s1. The fraction of sp³-hybridized carbons (Fsp3) is 0.316. The van der Waals surface area contributed by atoms with Gasteiger partial charge in [-0.25, -0.2) is 0 Å². The normalized spacial score (nSPS) is 11.5. The fourth-order valence-electron chi connectivity index (χ4n) is 2.32. The summed E-state index contributed by atoms with van der Waals surface area (Å²) in [5.41, 5.74) is 3.07. The van der Waals surface area contributed by atoms with Crippen molar-refractivity contribution in [2.45, 2.75) is 26.2 Å². The minimum absolute atomic E-state index is 0.509. The van der Waals surface area contributed by atoms with E-state index in [4.69, 9.17) is 21.7 Å². The van der Waals surface area contributed by atoms with Crippen LogP contribution in [0.2, 0.25) is 0 Å². The first kappa shape index (κ1) is 18.1. The van der Waals surface area contributed by atoms with Crippen molar-refractivity contribution in [2.24, 2.45) is 0 Å². The van der Waals surface area contributed by atoms with Crippen LogP contribution in [0.25, 0.3) is 0 Å². The van der Waals surface area contributed by atoms with Crippen molar-refractivity contribution in [3.63, 3.8) is 0 Å². The van der Waals surface area contributed by atoms with E-state index in [0.717, 1.165) is 23.5 Å². The van der Waals surface area contributed by atoms with Crippen LogP contribution in [0.5, 0.6) is 11.5 Å². The van der Waals surface area contributed by atoms with Crippen LogP contribution in [0.4, 0.5) is 11.4 Å². The molecule has 24 heavy (non-hydrogen) atoms. The molecule has 1 atom stereocenters. The summed E-state index contributed by atoms with van der Waals surface area (Å²) in [4.78, 5) is 0. The van der Waals surface area contributed by atoms with Gasteiger partial charge in [0.15, 0.2) is 5.11 Å². The third kappa shape index (κ3) is 4.61. The molecule has 0 heterocycles. The second-order valence-electron chi connectivity index (χ2n) is 5.58. The van der Waals surface area contributed by atoms with E-state index in [-0.39, 0.29) is 0 Å². The SMILES string of the molecule is CC[C@@H](C)c1ccc(NC(=S)Nc2ccc(OC)cc2OC)cc1. The fourth-order valence-corrected chi connectivity index (χ4v) is 2.54. The van der Waals surface area contributed by atoms with Gasteiger partial charge in [-0.15, -0.1) is 0 Å². The van der Waals surface area contributed by atoms with E-state index in [1.54, 1.807) is 14.2 Å². The minimum atomic E-state index is 0.509. The van der Waals surface area contributed by atoms with E-state index in [0.29, 0.717) is 16.8 Å². The van der Waals surface area contributed by atoms with Crippen molar-refractivity contribution in [3.05, 3.63) is 48.0 Å². The lowest BCUT2D eigenvalue weighted by Crippen LogP contribution is -2.19. The molecule has 2 aromatic carbocycles. The highest BCUT2D eigenvalue weighted by atomic mass is 32.1. The summed E-state index contributed by atoms with van der Waals surface area (Å²) in [6, 6.07) is 13.9. The third-order valence-electron chi connectivity index (χ3n) is 4.01. The predicted octanol–water partition coefficient (Wildman–Crippen LogP) is 5.03. The Hall–Kier alpha value is -2.27. The summed E-state index contributed by atoms with van der Waals surface area (Å²) in [6.07, 6.45) is 1.13. The third-order valence-corrected chi connectivity index (χ3v) is 4.21. The van der Waals surface area contributed by atoms with Gasteiger partial charge in [0.25, 0.3) is 0 Å². The first-order valence-corrected chi connectivity index (χ1v) is 8.38. The lowest BCUT2D eigenvalue weighted by Gasteiger charge is -2.15. The molecule has 2 N–H and O–H groups in total. The number of rotatable bonds is 6. The molecular weight excluding hydrogens is 320 g/mol. The Morgan fingerprint density at radius 1 is 1.04 bits per heavy atom. The summed E-state index contributed by atoms with van der Waals surface area (Å²) in [5, 5.41) is 6.85. The van der Waals surface area contributed by atoms with Crippen molar-refractivity contribution < 1.29 is 9.47 Å². The molecule has 128 valence electrons. The van der Waals surface area contributed by atoms with Crippen molar-refractivity contribution in [2.75, 3.05) is 24.9 Å². The van der Waals surface area contributed by atoms with Crippen LogP contribution in [0.15, 0.2) is 42.5 Å². The highest BCUT2D eigenvalue weighted by molar-refractivity contribution is 7.80. The van der Waals surface area contributed by atoms with Gasteiger partial charge in [-0.1, -0.05) is 26.0 Å². The van der Waals surface area contributed by atoms with Gasteiger partial charge in [0, 0.05) is 11.8 Å². The maximum absolute atomic E-state index is 5.39. The van der Waals surface area contributed by atoms with Crippen LogP contribution in [0.3, 0.4) is 0 Å². The minimum Gasteiger partial charge on any atom is -0.497 e. The Morgan fingerprint density at radius 3 is 2.33 bits per heavy atom. The molecule has 2 aromatic rings. The lowest BCUT2D eigenvalue weighted by molar-refractivity contribution is 0.395. The van der Waals surface area contributed by atoms with Gasteiger partial charge in [0.2, 0.25) is 0 Å². The Bertz CT molecular complexity index is 686. The van der Waals surface area contributed by atoms with Gasteiger partial charge in [-0.2, -0.15) is 0 Å². The van der Waals surface area contributed by atoms with E-state index in [1.165, 1.54) is 5.56 Å². The maximum Gasteiger partial charge on any atom is 0.175 e. The zero-order valence-electron chi connectivity index (χ0n) is 14.6. The summed E-state index contributed by atoms with van der Waals surface area (Å²) in [7, 11) is 3.24. The highest BCUT2D eigenvalue weighted by Gasteiger charge is 2.07. The molecule has 0 aliphatic carbocycles.